The number of carbonyl (C=O) groups is 4. The largest absolute Gasteiger partial charge is 1.00 e. The van der Waals surface area contributed by atoms with E-state index in [1.807, 2.05) is 0 Å². The van der Waals surface area contributed by atoms with Gasteiger partial charge in [-0.2, -0.15) is 0 Å². The van der Waals surface area contributed by atoms with Crippen molar-refractivity contribution in [2.45, 2.75) is 38.1 Å². The number of amides is 3. The predicted octanol–water partition coefficient (Wildman–Crippen LogP) is -4.22. The van der Waals surface area contributed by atoms with E-state index in [9.17, 15) is 42.3 Å². The van der Waals surface area contributed by atoms with Gasteiger partial charge in [-0.1, -0.05) is 5.16 Å². The molecule has 2 heterocycles. The number of rotatable bonds is 11. The van der Waals surface area contributed by atoms with Crippen molar-refractivity contribution in [3.8, 4) is 0 Å². The van der Waals surface area contributed by atoms with Crippen LogP contribution in [0.1, 0.15) is 25.1 Å². The minimum absolute atomic E-state index is 0. The number of nitrogens with one attached hydrogen (secondary N) is 2. The minimum Gasteiger partial charge on any atom is -0.731 e. The zero-order valence-corrected chi connectivity index (χ0v) is 26.1. The van der Waals surface area contributed by atoms with Crippen LogP contribution in [0.3, 0.4) is 0 Å². The van der Waals surface area contributed by atoms with Gasteiger partial charge in [-0.05, 0) is 31.5 Å². The molecule has 0 spiro atoms. The number of nitrogen functional groups attached to an aromatic ring is 1. The summed E-state index contributed by atoms with van der Waals surface area (Å²) >= 11 is 0.907. The number of hydrogen-bond acceptors (Lipinski definition) is 15. The van der Waals surface area contributed by atoms with E-state index in [0.29, 0.717) is 5.56 Å². The molecule has 0 radical (unpaired) electrons. The van der Waals surface area contributed by atoms with Crippen molar-refractivity contribution in [1.82, 2.24) is 19.9 Å². The van der Waals surface area contributed by atoms with E-state index < -0.39 is 62.3 Å². The molecule has 1 aromatic carbocycles. The number of benzene rings is 1. The molecule has 2 atom stereocenters. The van der Waals surface area contributed by atoms with E-state index >= 15 is 0 Å². The molecule has 21 heteroatoms. The number of nitro benzene ring substituents is 1. The molecule has 3 amide bonds. The molecule has 0 unspecified atom stereocenters. The molecular weight excluding hydrogens is 613 g/mol. The van der Waals surface area contributed by atoms with Gasteiger partial charge in [0.15, 0.2) is 27.2 Å². The maximum Gasteiger partial charge on any atom is 1.00 e. The maximum atomic E-state index is 13.1. The first-order valence-electron chi connectivity index (χ1n) is 11.3. The fourth-order valence-corrected chi connectivity index (χ4v) is 4.68. The fourth-order valence-electron chi connectivity index (χ4n) is 3.30. The molecule has 1 saturated heterocycles. The molecule has 3 rings (SSSR count). The molecule has 2 aromatic rings. The number of anilines is 1. The third-order valence-corrected chi connectivity index (χ3v) is 7.01. The SMILES string of the molecule is CNC(=O)[C@@H]1[C@H](NC(=O)C(=NOC(C)(C)C(=O)OCc2ccc([N+](=O)[O-])cc2)c2csc(N)n2)C(=O)N1S(=O)(=O)[O-].[Na+]. The Labute approximate surface area is 263 Å². The molecule has 1 aliphatic rings. The number of likely N-dealkylation sites (N-methyl/N-ethyl adjacent to an activating group) is 1. The Hall–Kier alpha value is -3.69. The van der Waals surface area contributed by atoms with Crippen LogP contribution in [0.5, 0.6) is 0 Å². The topological polar surface area (TPSA) is 266 Å². The van der Waals surface area contributed by atoms with Gasteiger partial charge in [0.1, 0.15) is 18.3 Å². The number of β-lactam (4-membered cyclic amide) rings is 1. The van der Waals surface area contributed by atoms with Crippen LogP contribution in [0, 0.1) is 10.1 Å². The van der Waals surface area contributed by atoms with Crippen LogP contribution in [0.4, 0.5) is 10.8 Å². The summed E-state index contributed by atoms with van der Waals surface area (Å²) in [6, 6.07) is 1.61. The molecule has 1 aliphatic heterocycles. The smallest absolute Gasteiger partial charge is 0.731 e. The number of non-ortho nitro benzene ring substituents is 1. The Kier molecular flexibility index (Phi) is 11.1. The molecule has 0 saturated carbocycles. The fraction of sp³-hybridized carbons (Fsp3) is 0.333. The first-order chi connectivity index (χ1) is 19.1. The van der Waals surface area contributed by atoms with Crippen molar-refractivity contribution in [3.05, 3.63) is 51.0 Å². The quantitative estimate of drug-likeness (QED) is 0.0402. The Bertz CT molecular complexity index is 1530. The minimum atomic E-state index is -5.37. The molecular formula is C21H22N7NaO11S2. The average molecular weight is 636 g/mol. The second-order valence-corrected chi connectivity index (χ2v) is 10.9. The first-order valence-corrected chi connectivity index (χ1v) is 13.5. The standard InChI is InChI=1S/C21H23N7O11S2.Na/c1-21(2,19(32)38-8-10-4-6-11(7-5-10)28(33)34)39-26-13(12-9-40-20(22)24-12)16(29)25-14-15(17(30)23-3)27(18(14)31)41(35,36)37;/h4-7,9,14-15H,8H2,1-3H3,(H2,22,24)(H,23,30)(H,25,29)(H,35,36,37);/q;+1/p-1/t14-,15-;/m0./s1. The number of nitrogens with zero attached hydrogens (tertiary/aromatic N) is 4. The van der Waals surface area contributed by atoms with E-state index in [-0.39, 0.29) is 57.0 Å². The van der Waals surface area contributed by atoms with Crippen molar-refractivity contribution in [1.29, 1.82) is 0 Å². The number of hydrogen-bond donors (Lipinski definition) is 3. The number of aromatic nitrogens is 1. The molecule has 1 fully saturated rings. The summed E-state index contributed by atoms with van der Waals surface area (Å²) in [6.45, 7) is 2.24. The summed E-state index contributed by atoms with van der Waals surface area (Å²) < 4.78 is 39.2. The molecule has 42 heavy (non-hydrogen) atoms. The first kappa shape index (κ1) is 34.5. The van der Waals surface area contributed by atoms with Gasteiger partial charge in [-0.15, -0.1) is 11.3 Å². The monoisotopic (exact) mass is 635 g/mol. The van der Waals surface area contributed by atoms with Crippen LogP contribution in [-0.4, -0.2) is 81.3 Å². The summed E-state index contributed by atoms with van der Waals surface area (Å²) in [5.41, 5.74) is 3.34. The number of oxime groups is 1. The predicted molar refractivity (Wildman–Crippen MR) is 137 cm³/mol. The third-order valence-electron chi connectivity index (χ3n) is 5.45. The van der Waals surface area contributed by atoms with Crippen LogP contribution in [0.2, 0.25) is 0 Å². The molecule has 220 valence electrons. The van der Waals surface area contributed by atoms with Crippen molar-refractivity contribution in [3.63, 3.8) is 0 Å². The van der Waals surface area contributed by atoms with Gasteiger partial charge < -0.3 is 30.5 Å². The van der Waals surface area contributed by atoms with E-state index in [1.165, 1.54) is 43.5 Å². The molecule has 0 bridgehead atoms. The second-order valence-electron chi connectivity index (χ2n) is 8.71. The van der Waals surface area contributed by atoms with Crippen LogP contribution in [0.15, 0.2) is 34.8 Å². The Morgan fingerprint density at radius 2 is 1.88 bits per heavy atom. The molecule has 0 aliphatic carbocycles. The van der Waals surface area contributed by atoms with Crippen molar-refractivity contribution in [2.24, 2.45) is 5.16 Å². The average Bonchev–Trinajstić information content (AvgIpc) is 3.33. The van der Waals surface area contributed by atoms with E-state index in [2.05, 4.69) is 20.8 Å². The molecule has 1 aromatic heterocycles. The van der Waals surface area contributed by atoms with Gasteiger partial charge >= 0.3 is 35.5 Å². The van der Waals surface area contributed by atoms with Crippen molar-refractivity contribution >= 4 is 61.9 Å². The van der Waals surface area contributed by atoms with Crippen LogP contribution in [-0.2, 0) is 45.7 Å². The normalized spacial score (nSPS) is 16.9. The van der Waals surface area contributed by atoms with Crippen LogP contribution in [0.25, 0.3) is 0 Å². The zero-order valence-electron chi connectivity index (χ0n) is 22.4. The molecule has 4 N–H and O–H groups in total. The number of ether oxygens (including phenoxy) is 1. The Morgan fingerprint density at radius 1 is 1.26 bits per heavy atom. The second kappa shape index (κ2) is 13.5. The van der Waals surface area contributed by atoms with Gasteiger partial charge in [0.25, 0.3) is 17.5 Å². The summed E-state index contributed by atoms with van der Waals surface area (Å²) in [5.74, 6) is -4.53. The number of esters is 1. The maximum absolute atomic E-state index is 13.1. The number of carbonyl (C=O) groups excluding carboxylic acids is 4. The van der Waals surface area contributed by atoms with Crippen molar-refractivity contribution < 1.29 is 76.2 Å². The van der Waals surface area contributed by atoms with Crippen LogP contribution >= 0.6 is 11.3 Å². The third kappa shape index (κ3) is 7.77. The zero-order chi connectivity index (χ0) is 30.7. The van der Waals surface area contributed by atoms with Gasteiger partial charge in [0.05, 0.1) is 4.92 Å². The van der Waals surface area contributed by atoms with Gasteiger partial charge in [0.2, 0.25) is 11.5 Å². The number of nitro groups is 1. The summed E-state index contributed by atoms with van der Waals surface area (Å²) in [6.07, 6.45) is 0. The van der Waals surface area contributed by atoms with E-state index in [0.717, 1.165) is 18.4 Å². The van der Waals surface area contributed by atoms with Gasteiger partial charge in [-0.3, -0.25) is 24.5 Å². The van der Waals surface area contributed by atoms with Gasteiger partial charge in [-0.25, -0.2) is 22.5 Å². The van der Waals surface area contributed by atoms with E-state index in [1.54, 1.807) is 0 Å². The summed E-state index contributed by atoms with van der Waals surface area (Å²) in [4.78, 5) is 69.6. The Balaban J connectivity index is 0.00000616. The summed E-state index contributed by atoms with van der Waals surface area (Å²) in [7, 11) is -4.24. The Morgan fingerprint density at radius 3 is 2.38 bits per heavy atom. The van der Waals surface area contributed by atoms with Gasteiger partial charge in [0, 0.05) is 24.6 Å². The van der Waals surface area contributed by atoms with Crippen LogP contribution < -0.4 is 45.9 Å². The summed E-state index contributed by atoms with van der Waals surface area (Å²) in [5, 5.41) is 20.0. The number of nitrogens with two attached hydrogens (primary N) is 1. The number of thiazole rings is 1. The van der Waals surface area contributed by atoms with Crippen molar-refractivity contribution in [2.75, 3.05) is 12.8 Å². The van der Waals surface area contributed by atoms with E-state index in [4.69, 9.17) is 15.3 Å². The molecule has 18 nitrogen and oxygen atoms in total.